The van der Waals surface area contributed by atoms with Crippen molar-refractivity contribution in [3.05, 3.63) is 35.2 Å². The fourth-order valence-corrected chi connectivity index (χ4v) is 2.34. The van der Waals surface area contributed by atoms with Gasteiger partial charge in [-0.15, -0.1) is 0 Å². The second-order valence-electron chi connectivity index (χ2n) is 6.12. The van der Waals surface area contributed by atoms with E-state index in [1.165, 1.54) is 0 Å². The topological polar surface area (TPSA) is 76.8 Å². The molecule has 1 aromatic carbocycles. The van der Waals surface area contributed by atoms with Crippen molar-refractivity contribution in [3.8, 4) is 11.5 Å². The van der Waals surface area contributed by atoms with Gasteiger partial charge in [0, 0.05) is 18.7 Å². The number of ether oxygens (including phenoxy) is 2. The van der Waals surface area contributed by atoms with Gasteiger partial charge >= 0.3 is 6.03 Å². The second-order valence-corrected chi connectivity index (χ2v) is 6.12. The summed E-state index contributed by atoms with van der Waals surface area (Å²) < 4.78 is 16.1. The maximum absolute atomic E-state index is 12.6. The number of aryl methyl sites for hydroxylation is 2. The molecule has 0 saturated carbocycles. The Morgan fingerprint density at radius 1 is 1.36 bits per heavy atom. The molecule has 0 saturated heterocycles. The van der Waals surface area contributed by atoms with Gasteiger partial charge in [0.2, 0.25) is 0 Å². The fourth-order valence-electron chi connectivity index (χ4n) is 2.34. The number of aromatic nitrogens is 1. The molecule has 2 amide bonds. The van der Waals surface area contributed by atoms with Crippen LogP contribution in [-0.2, 0) is 6.54 Å². The van der Waals surface area contributed by atoms with Gasteiger partial charge < -0.3 is 24.2 Å². The summed E-state index contributed by atoms with van der Waals surface area (Å²) in [5.74, 6) is 1.94. The van der Waals surface area contributed by atoms with E-state index in [9.17, 15) is 4.79 Å². The van der Waals surface area contributed by atoms with E-state index in [-0.39, 0.29) is 12.1 Å². The molecule has 0 aliphatic rings. The van der Waals surface area contributed by atoms with Crippen LogP contribution in [0.2, 0.25) is 0 Å². The van der Waals surface area contributed by atoms with Gasteiger partial charge in [-0.05, 0) is 39.8 Å². The van der Waals surface area contributed by atoms with Crippen molar-refractivity contribution < 1.29 is 18.8 Å². The molecule has 2 rings (SSSR count). The molecule has 25 heavy (non-hydrogen) atoms. The van der Waals surface area contributed by atoms with Crippen molar-refractivity contribution in [2.75, 3.05) is 19.5 Å². The average molecular weight is 347 g/mol. The Balaban J connectivity index is 2.15. The molecule has 0 fully saturated rings. The third-order valence-electron chi connectivity index (χ3n) is 3.71. The van der Waals surface area contributed by atoms with E-state index in [1.807, 2.05) is 27.7 Å². The molecular weight excluding hydrogens is 322 g/mol. The number of benzene rings is 1. The van der Waals surface area contributed by atoms with E-state index < -0.39 is 0 Å². The zero-order chi connectivity index (χ0) is 18.6. The maximum atomic E-state index is 12.6. The Morgan fingerprint density at radius 2 is 2.08 bits per heavy atom. The number of nitrogens with one attached hydrogen (secondary N) is 1. The van der Waals surface area contributed by atoms with Crippen LogP contribution in [0.4, 0.5) is 10.5 Å². The molecule has 1 aromatic heterocycles. The predicted octanol–water partition coefficient (Wildman–Crippen LogP) is 3.75. The van der Waals surface area contributed by atoms with Crippen LogP contribution in [-0.4, -0.2) is 36.3 Å². The summed E-state index contributed by atoms with van der Waals surface area (Å²) in [4.78, 5) is 14.1. The number of amides is 2. The van der Waals surface area contributed by atoms with E-state index in [2.05, 4.69) is 10.5 Å². The van der Waals surface area contributed by atoms with Gasteiger partial charge in [-0.25, -0.2) is 4.79 Å². The van der Waals surface area contributed by atoms with Gasteiger partial charge in [-0.2, -0.15) is 0 Å². The predicted molar refractivity (Wildman–Crippen MR) is 95.2 cm³/mol. The summed E-state index contributed by atoms with van der Waals surface area (Å²) in [7, 11) is 3.29. The third-order valence-corrected chi connectivity index (χ3v) is 3.71. The Hall–Kier alpha value is -2.70. The Morgan fingerprint density at radius 3 is 2.64 bits per heavy atom. The molecule has 0 unspecified atom stereocenters. The van der Waals surface area contributed by atoms with Gasteiger partial charge in [-0.1, -0.05) is 5.16 Å². The van der Waals surface area contributed by atoms with E-state index >= 15 is 0 Å². The van der Waals surface area contributed by atoms with Gasteiger partial charge in [-0.3, -0.25) is 0 Å². The molecule has 0 spiro atoms. The van der Waals surface area contributed by atoms with Crippen LogP contribution in [0.3, 0.4) is 0 Å². The van der Waals surface area contributed by atoms with Crippen LogP contribution in [0.15, 0.2) is 22.7 Å². The molecule has 0 radical (unpaired) electrons. The molecule has 0 atom stereocenters. The van der Waals surface area contributed by atoms with Crippen LogP contribution in [0.25, 0.3) is 0 Å². The summed E-state index contributed by atoms with van der Waals surface area (Å²) in [6.45, 7) is 7.95. The number of methoxy groups -OCH3 is 1. The first-order chi connectivity index (χ1) is 11.8. The van der Waals surface area contributed by atoms with Crippen molar-refractivity contribution in [3.63, 3.8) is 0 Å². The number of carbonyl (C=O) groups excluding carboxylic acids is 1. The molecule has 7 nitrogen and oxygen atoms in total. The highest BCUT2D eigenvalue weighted by molar-refractivity contribution is 5.91. The van der Waals surface area contributed by atoms with E-state index in [4.69, 9.17) is 14.0 Å². The number of hydrogen-bond donors (Lipinski definition) is 1. The van der Waals surface area contributed by atoms with E-state index in [1.54, 1.807) is 37.3 Å². The van der Waals surface area contributed by atoms with Crippen molar-refractivity contribution in [1.82, 2.24) is 10.1 Å². The minimum atomic E-state index is -0.262. The summed E-state index contributed by atoms with van der Waals surface area (Å²) in [6.07, 6.45) is -0.0101. The highest BCUT2D eigenvalue weighted by Crippen LogP contribution is 2.30. The smallest absolute Gasteiger partial charge is 0.321 e. The Kier molecular flexibility index (Phi) is 5.90. The summed E-state index contributed by atoms with van der Waals surface area (Å²) in [6, 6.07) is 5.05. The first kappa shape index (κ1) is 18.6. The number of rotatable bonds is 6. The highest BCUT2D eigenvalue weighted by Gasteiger charge is 2.17. The van der Waals surface area contributed by atoms with Crippen molar-refractivity contribution >= 4 is 11.7 Å². The fraction of sp³-hybridized carbons (Fsp3) is 0.444. The molecule has 2 aromatic rings. The van der Waals surface area contributed by atoms with Gasteiger partial charge in [0.05, 0.1) is 31.1 Å². The lowest BCUT2D eigenvalue weighted by molar-refractivity contribution is 0.219. The van der Waals surface area contributed by atoms with Crippen LogP contribution in [0.1, 0.15) is 30.9 Å². The molecule has 0 aliphatic heterocycles. The van der Waals surface area contributed by atoms with Crippen molar-refractivity contribution in [2.45, 2.75) is 40.3 Å². The molecule has 1 heterocycles. The first-order valence-corrected chi connectivity index (χ1v) is 8.10. The maximum Gasteiger partial charge on any atom is 0.321 e. The Bertz CT molecular complexity index is 720. The molecule has 7 heteroatoms. The quantitative estimate of drug-likeness (QED) is 0.861. The minimum absolute atomic E-state index is 0.0101. The summed E-state index contributed by atoms with van der Waals surface area (Å²) >= 11 is 0. The lowest BCUT2D eigenvalue weighted by atomic mass is 10.2. The zero-order valence-electron chi connectivity index (χ0n) is 15.5. The number of nitrogens with zero attached hydrogens (tertiary/aromatic N) is 2. The van der Waals surface area contributed by atoms with Gasteiger partial charge in [0.15, 0.2) is 0 Å². The number of hydrogen-bond acceptors (Lipinski definition) is 5. The minimum Gasteiger partial charge on any atom is -0.497 e. The Labute approximate surface area is 147 Å². The lowest BCUT2D eigenvalue weighted by Crippen LogP contribution is -2.31. The zero-order valence-corrected chi connectivity index (χ0v) is 15.5. The SMILES string of the molecule is COc1ccc(OC(C)C)c(NC(=O)N(C)Cc2c(C)noc2C)c1. The first-order valence-electron chi connectivity index (χ1n) is 8.10. The molecule has 0 aliphatic carbocycles. The van der Waals surface area contributed by atoms with Crippen LogP contribution >= 0.6 is 0 Å². The molecule has 0 bridgehead atoms. The van der Waals surface area contributed by atoms with Crippen molar-refractivity contribution in [1.29, 1.82) is 0 Å². The number of urea groups is 1. The van der Waals surface area contributed by atoms with Gasteiger partial charge in [0.1, 0.15) is 17.3 Å². The number of carbonyl (C=O) groups is 1. The van der Waals surface area contributed by atoms with E-state index in [0.29, 0.717) is 29.5 Å². The molecular formula is C18H25N3O4. The van der Waals surface area contributed by atoms with E-state index in [0.717, 1.165) is 11.3 Å². The summed E-state index contributed by atoms with van der Waals surface area (Å²) in [5, 5.41) is 6.78. The highest BCUT2D eigenvalue weighted by atomic mass is 16.5. The largest absolute Gasteiger partial charge is 0.497 e. The van der Waals surface area contributed by atoms with Crippen LogP contribution in [0, 0.1) is 13.8 Å². The van der Waals surface area contributed by atoms with Crippen molar-refractivity contribution in [2.24, 2.45) is 0 Å². The number of anilines is 1. The lowest BCUT2D eigenvalue weighted by Gasteiger charge is -2.20. The van der Waals surface area contributed by atoms with Gasteiger partial charge in [0.25, 0.3) is 0 Å². The molecule has 1 N–H and O–H groups in total. The summed E-state index contributed by atoms with van der Waals surface area (Å²) in [5.41, 5.74) is 2.24. The average Bonchev–Trinajstić information content (AvgIpc) is 2.87. The van der Waals surface area contributed by atoms with Crippen LogP contribution < -0.4 is 14.8 Å². The third kappa shape index (κ3) is 4.65. The standard InChI is InChI=1S/C18H25N3O4/c1-11(2)24-17-8-7-14(23-6)9-16(17)19-18(22)21(5)10-15-12(3)20-25-13(15)4/h7-9,11H,10H2,1-6H3,(H,19,22). The second kappa shape index (κ2) is 7.92. The monoisotopic (exact) mass is 347 g/mol. The normalized spacial score (nSPS) is 10.7. The van der Waals surface area contributed by atoms with Crippen LogP contribution in [0.5, 0.6) is 11.5 Å². The molecule has 136 valence electrons.